The molecule has 1 heterocycles. The van der Waals surface area contributed by atoms with E-state index in [0.717, 1.165) is 18.8 Å². The van der Waals surface area contributed by atoms with Crippen LogP contribution >= 0.6 is 11.8 Å². The second-order valence-electron chi connectivity index (χ2n) is 6.25. The first kappa shape index (κ1) is 14.7. The Balaban J connectivity index is 2.50. The number of rotatable bonds is 2. The average Bonchev–Trinajstić information content (AvgIpc) is 2.37. The van der Waals surface area contributed by atoms with Gasteiger partial charge in [-0.15, -0.1) is 0 Å². The van der Waals surface area contributed by atoms with Crippen LogP contribution in [-0.2, 0) is 5.41 Å². The fraction of sp³-hybridized carbons (Fsp3) is 0.625. The summed E-state index contributed by atoms with van der Waals surface area (Å²) in [4.78, 5) is 0. The van der Waals surface area contributed by atoms with Gasteiger partial charge in [-0.05, 0) is 12.3 Å². The molecule has 1 aromatic rings. The maximum absolute atomic E-state index is 5.77. The van der Waals surface area contributed by atoms with E-state index in [2.05, 4.69) is 45.1 Å². The Kier molecular flexibility index (Phi) is 4.46. The van der Waals surface area contributed by atoms with Gasteiger partial charge in [0.2, 0.25) is 0 Å². The predicted molar refractivity (Wildman–Crippen MR) is 84.5 cm³/mol. The molecule has 1 saturated heterocycles. The predicted octanol–water partition coefficient (Wildman–Crippen LogP) is 3.68. The molecule has 1 aliphatic heterocycles. The van der Waals surface area contributed by atoms with Crippen molar-refractivity contribution in [2.45, 2.75) is 38.4 Å². The lowest BCUT2D eigenvalue weighted by Gasteiger charge is -2.29. The number of benzene rings is 1. The monoisotopic (exact) mass is 279 g/mol. The van der Waals surface area contributed by atoms with Gasteiger partial charge in [-0.25, -0.2) is 0 Å². The average molecular weight is 279 g/mol. The van der Waals surface area contributed by atoms with Crippen LogP contribution in [0.5, 0.6) is 5.75 Å². The maximum Gasteiger partial charge on any atom is 0.126 e. The normalized spacial score (nSPS) is 20.4. The first-order chi connectivity index (χ1) is 8.93. The molecule has 106 valence electrons. The van der Waals surface area contributed by atoms with E-state index in [-0.39, 0.29) is 5.41 Å². The van der Waals surface area contributed by atoms with Crippen molar-refractivity contribution < 1.29 is 4.74 Å². The van der Waals surface area contributed by atoms with Gasteiger partial charge in [-0.2, -0.15) is 11.8 Å². The molecule has 1 aromatic carbocycles. The van der Waals surface area contributed by atoms with Crippen LogP contribution in [0.1, 0.15) is 42.7 Å². The summed E-state index contributed by atoms with van der Waals surface area (Å²) in [6.07, 6.45) is 0. The van der Waals surface area contributed by atoms with Crippen LogP contribution in [0.15, 0.2) is 12.1 Å². The van der Waals surface area contributed by atoms with Gasteiger partial charge < -0.3 is 10.1 Å². The van der Waals surface area contributed by atoms with Gasteiger partial charge >= 0.3 is 0 Å². The Labute approximate surface area is 121 Å². The lowest BCUT2D eigenvalue weighted by atomic mass is 9.83. The Bertz CT molecular complexity index is 445. The molecule has 1 atom stereocenters. The summed E-state index contributed by atoms with van der Waals surface area (Å²) in [5.41, 5.74) is 4.10. The molecule has 1 N–H and O–H groups in total. The first-order valence-electron chi connectivity index (χ1n) is 6.95. The molecule has 0 aromatic heterocycles. The van der Waals surface area contributed by atoms with E-state index in [1.54, 1.807) is 7.11 Å². The highest BCUT2D eigenvalue weighted by molar-refractivity contribution is 7.99. The van der Waals surface area contributed by atoms with Gasteiger partial charge in [0.15, 0.2) is 0 Å². The fourth-order valence-corrected chi connectivity index (χ4v) is 3.73. The molecule has 0 aliphatic carbocycles. The minimum atomic E-state index is 0.110. The van der Waals surface area contributed by atoms with Gasteiger partial charge in [0.1, 0.15) is 5.75 Å². The van der Waals surface area contributed by atoms with Gasteiger partial charge in [-0.1, -0.05) is 38.5 Å². The Morgan fingerprint density at radius 2 is 2.05 bits per heavy atom. The van der Waals surface area contributed by atoms with Crippen molar-refractivity contribution in [3.8, 4) is 5.75 Å². The minimum absolute atomic E-state index is 0.110. The minimum Gasteiger partial charge on any atom is -0.496 e. The van der Waals surface area contributed by atoms with Crippen LogP contribution < -0.4 is 10.1 Å². The van der Waals surface area contributed by atoms with E-state index in [0.29, 0.717) is 5.25 Å². The number of ether oxygens (including phenoxy) is 1. The molecule has 1 unspecified atom stereocenters. The highest BCUT2D eigenvalue weighted by atomic mass is 32.2. The Morgan fingerprint density at radius 1 is 1.32 bits per heavy atom. The summed E-state index contributed by atoms with van der Waals surface area (Å²) in [5, 5.41) is 3.99. The SMILES string of the molecule is COc1c(C2CNCCS2)cc(C)cc1C(C)(C)C. The van der Waals surface area contributed by atoms with E-state index in [1.807, 2.05) is 11.8 Å². The van der Waals surface area contributed by atoms with Crippen molar-refractivity contribution in [2.75, 3.05) is 26.0 Å². The lowest BCUT2D eigenvalue weighted by molar-refractivity contribution is 0.391. The fourth-order valence-electron chi connectivity index (χ4n) is 2.59. The number of nitrogens with one attached hydrogen (secondary N) is 1. The molecule has 1 fully saturated rings. The Morgan fingerprint density at radius 3 is 2.58 bits per heavy atom. The smallest absolute Gasteiger partial charge is 0.126 e. The van der Waals surface area contributed by atoms with Gasteiger partial charge in [0, 0.05) is 35.2 Å². The van der Waals surface area contributed by atoms with Crippen molar-refractivity contribution in [3.05, 3.63) is 28.8 Å². The third kappa shape index (κ3) is 3.26. The maximum atomic E-state index is 5.77. The highest BCUT2D eigenvalue weighted by Crippen LogP contribution is 2.42. The molecule has 0 radical (unpaired) electrons. The first-order valence-corrected chi connectivity index (χ1v) is 7.99. The van der Waals surface area contributed by atoms with Crippen LogP contribution in [-0.4, -0.2) is 26.0 Å². The standard InChI is InChI=1S/C16H25NOS/c1-11-8-12(14-10-17-6-7-19-14)15(18-5)13(9-11)16(2,3)4/h8-9,14,17H,6-7,10H2,1-5H3. The van der Waals surface area contributed by atoms with Crippen LogP contribution in [0.2, 0.25) is 0 Å². The topological polar surface area (TPSA) is 21.3 Å². The molecule has 2 rings (SSSR count). The third-order valence-electron chi connectivity index (χ3n) is 3.55. The van der Waals surface area contributed by atoms with Crippen LogP contribution in [0.4, 0.5) is 0 Å². The molecule has 2 nitrogen and oxygen atoms in total. The largest absolute Gasteiger partial charge is 0.496 e. The molecule has 19 heavy (non-hydrogen) atoms. The van der Waals surface area contributed by atoms with Gasteiger partial charge in [-0.3, -0.25) is 0 Å². The summed E-state index contributed by atoms with van der Waals surface area (Å²) in [6.45, 7) is 11.1. The van der Waals surface area contributed by atoms with Gasteiger partial charge in [0.25, 0.3) is 0 Å². The zero-order valence-corrected chi connectivity index (χ0v) is 13.5. The lowest BCUT2D eigenvalue weighted by Crippen LogP contribution is -2.28. The summed E-state index contributed by atoms with van der Waals surface area (Å²) in [5.74, 6) is 2.26. The van der Waals surface area contributed by atoms with E-state index < -0.39 is 0 Å². The number of thioether (sulfide) groups is 1. The summed E-state index contributed by atoms with van der Waals surface area (Å²) < 4.78 is 5.77. The number of methoxy groups -OCH3 is 1. The Hall–Kier alpha value is -0.670. The second-order valence-corrected chi connectivity index (χ2v) is 7.56. The molecule has 1 aliphatic rings. The molecule has 0 bridgehead atoms. The molecular weight excluding hydrogens is 254 g/mol. The van der Waals surface area contributed by atoms with E-state index in [9.17, 15) is 0 Å². The van der Waals surface area contributed by atoms with E-state index in [1.165, 1.54) is 22.4 Å². The van der Waals surface area contributed by atoms with E-state index in [4.69, 9.17) is 4.74 Å². The summed E-state index contributed by atoms with van der Waals surface area (Å²) in [7, 11) is 1.80. The third-order valence-corrected chi connectivity index (χ3v) is 4.81. The molecule has 0 amide bonds. The van der Waals surface area contributed by atoms with Crippen LogP contribution in [0, 0.1) is 6.92 Å². The molecule has 3 heteroatoms. The van der Waals surface area contributed by atoms with Gasteiger partial charge in [0.05, 0.1) is 7.11 Å². The van der Waals surface area contributed by atoms with E-state index >= 15 is 0 Å². The number of hydrogen-bond donors (Lipinski definition) is 1. The van der Waals surface area contributed by atoms with Crippen molar-refractivity contribution in [3.63, 3.8) is 0 Å². The summed E-state index contributed by atoms with van der Waals surface area (Å²) in [6, 6.07) is 4.56. The number of aryl methyl sites for hydroxylation is 1. The number of hydrogen-bond acceptors (Lipinski definition) is 3. The van der Waals surface area contributed by atoms with Crippen molar-refractivity contribution >= 4 is 11.8 Å². The van der Waals surface area contributed by atoms with Crippen molar-refractivity contribution in [2.24, 2.45) is 0 Å². The molecule has 0 saturated carbocycles. The molecule has 0 spiro atoms. The van der Waals surface area contributed by atoms with Crippen LogP contribution in [0.25, 0.3) is 0 Å². The highest BCUT2D eigenvalue weighted by Gasteiger charge is 2.26. The molecular formula is C16H25NOS. The van der Waals surface area contributed by atoms with Crippen LogP contribution in [0.3, 0.4) is 0 Å². The zero-order chi connectivity index (χ0) is 14.0. The summed E-state index contributed by atoms with van der Waals surface area (Å²) >= 11 is 2.03. The van der Waals surface area contributed by atoms with Crippen molar-refractivity contribution in [1.82, 2.24) is 5.32 Å². The van der Waals surface area contributed by atoms with Crippen molar-refractivity contribution in [1.29, 1.82) is 0 Å². The zero-order valence-electron chi connectivity index (χ0n) is 12.7. The quantitative estimate of drug-likeness (QED) is 0.892. The second kappa shape index (κ2) is 5.76.